The van der Waals surface area contributed by atoms with E-state index in [0.717, 1.165) is 19.3 Å². The van der Waals surface area contributed by atoms with Gasteiger partial charge in [0.15, 0.2) is 0 Å². The van der Waals surface area contributed by atoms with E-state index in [1.807, 2.05) is 0 Å². The maximum atomic E-state index is 10.3. The zero-order chi connectivity index (χ0) is 26.9. The molecule has 13 heteroatoms. The van der Waals surface area contributed by atoms with E-state index in [1.165, 1.54) is 0 Å². The highest BCUT2D eigenvalue weighted by molar-refractivity contribution is 7.46. The van der Waals surface area contributed by atoms with E-state index in [9.17, 15) is 4.57 Å². The van der Waals surface area contributed by atoms with E-state index in [1.54, 1.807) is 9.80 Å². The SMILES string of the molecule is CC(C)(C)CCCCCOP(=O)(O)O.OCCN(CCO)CCO.OCCN(CCO)CCO. The van der Waals surface area contributed by atoms with Gasteiger partial charge in [-0.1, -0.05) is 33.6 Å². The van der Waals surface area contributed by atoms with Crippen molar-refractivity contribution < 1.29 is 49.5 Å². The second kappa shape index (κ2) is 25.9. The van der Waals surface area contributed by atoms with Crippen molar-refractivity contribution in [3.63, 3.8) is 0 Å². The number of unbranched alkanes of at least 4 members (excludes halogenated alkanes) is 2. The van der Waals surface area contributed by atoms with Crippen LogP contribution in [-0.2, 0) is 9.09 Å². The van der Waals surface area contributed by atoms with Crippen molar-refractivity contribution in [2.24, 2.45) is 5.41 Å². The summed E-state index contributed by atoms with van der Waals surface area (Å²) in [6, 6.07) is 0. The molecule has 12 nitrogen and oxygen atoms in total. The van der Waals surface area contributed by atoms with Gasteiger partial charge < -0.3 is 40.4 Å². The van der Waals surface area contributed by atoms with Crippen LogP contribution >= 0.6 is 7.82 Å². The van der Waals surface area contributed by atoms with E-state index in [4.69, 9.17) is 40.4 Å². The van der Waals surface area contributed by atoms with Crippen molar-refractivity contribution in [1.82, 2.24) is 9.80 Å². The molecular weight excluding hydrogens is 471 g/mol. The molecular formula is C21H51N2O10P. The molecule has 34 heavy (non-hydrogen) atoms. The summed E-state index contributed by atoms with van der Waals surface area (Å²) in [6.07, 6.45) is 3.87. The van der Waals surface area contributed by atoms with Gasteiger partial charge in [-0.3, -0.25) is 14.3 Å². The highest BCUT2D eigenvalue weighted by atomic mass is 31.2. The van der Waals surface area contributed by atoms with E-state index < -0.39 is 7.82 Å². The Bertz CT molecular complexity index is 403. The molecule has 0 saturated carbocycles. The van der Waals surface area contributed by atoms with Crippen molar-refractivity contribution in [3.8, 4) is 0 Å². The van der Waals surface area contributed by atoms with Crippen molar-refractivity contribution in [2.75, 3.05) is 85.5 Å². The average molecular weight is 523 g/mol. The number of phosphoric ester groups is 1. The third kappa shape index (κ3) is 36.4. The first kappa shape index (κ1) is 38.3. The summed E-state index contributed by atoms with van der Waals surface area (Å²) < 4.78 is 14.6. The molecule has 0 amide bonds. The molecule has 210 valence electrons. The predicted octanol–water partition coefficient (Wildman–Crippen LogP) is -0.767. The Morgan fingerprint density at radius 3 is 1.18 bits per heavy atom. The normalized spacial score (nSPS) is 11.8. The number of hydrogen-bond acceptors (Lipinski definition) is 10. The largest absolute Gasteiger partial charge is 0.469 e. The van der Waals surface area contributed by atoms with E-state index in [0.29, 0.717) is 51.1 Å². The standard InChI is InChI=1S/C9H21O4P.2C6H15NO3/c1-9(2,3)7-5-4-6-8-13-14(10,11)12;2*8-4-1-7(2-5-9)3-6-10/h4-8H2,1-3H3,(H2,10,11,12);2*8-10H,1-6H2. The fourth-order valence-corrected chi connectivity index (χ4v) is 3.00. The number of rotatable bonds is 18. The third-order valence-corrected chi connectivity index (χ3v) is 4.85. The van der Waals surface area contributed by atoms with Crippen LogP contribution in [0.3, 0.4) is 0 Å². The summed E-state index contributed by atoms with van der Waals surface area (Å²) in [5, 5.41) is 50.9. The van der Waals surface area contributed by atoms with Gasteiger partial charge in [0.05, 0.1) is 46.2 Å². The second-order valence-corrected chi connectivity index (χ2v) is 9.96. The Morgan fingerprint density at radius 2 is 0.941 bits per heavy atom. The van der Waals surface area contributed by atoms with Crippen molar-refractivity contribution in [3.05, 3.63) is 0 Å². The van der Waals surface area contributed by atoms with Crippen LogP contribution in [0.5, 0.6) is 0 Å². The van der Waals surface area contributed by atoms with Crippen LogP contribution < -0.4 is 0 Å². The average Bonchev–Trinajstić information content (AvgIpc) is 2.71. The van der Waals surface area contributed by atoms with Crippen LogP contribution in [0, 0.1) is 5.41 Å². The van der Waals surface area contributed by atoms with Crippen LogP contribution in [-0.4, -0.2) is 136 Å². The Kier molecular flexibility index (Phi) is 29.2. The molecule has 0 aliphatic rings. The molecule has 0 bridgehead atoms. The number of phosphoric acid groups is 1. The summed E-state index contributed by atoms with van der Waals surface area (Å²) in [6.45, 7) is 10.2. The molecule has 0 atom stereocenters. The summed E-state index contributed by atoms with van der Waals surface area (Å²) in [5.41, 5.74) is 0.337. The van der Waals surface area contributed by atoms with Gasteiger partial charge in [0.25, 0.3) is 0 Å². The highest BCUT2D eigenvalue weighted by Crippen LogP contribution is 2.35. The van der Waals surface area contributed by atoms with Crippen LogP contribution in [0.1, 0.15) is 46.5 Å². The maximum absolute atomic E-state index is 10.3. The van der Waals surface area contributed by atoms with Gasteiger partial charge >= 0.3 is 7.82 Å². The van der Waals surface area contributed by atoms with Crippen molar-refractivity contribution in [1.29, 1.82) is 0 Å². The van der Waals surface area contributed by atoms with E-state index in [-0.39, 0.29) is 46.2 Å². The Morgan fingerprint density at radius 1 is 0.618 bits per heavy atom. The van der Waals surface area contributed by atoms with Crippen LogP contribution in [0.25, 0.3) is 0 Å². The van der Waals surface area contributed by atoms with Crippen LogP contribution in [0.2, 0.25) is 0 Å². The van der Waals surface area contributed by atoms with Crippen LogP contribution in [0.4, 0.5) is 0 Å². The van der Waals surface area contributed by atoms with E-state index >= 15 is 0 Å². The molecule has 0 aromatic heterocycles. The van der Waals surface area contributed by atoms with Crippen LogP contribution in [0.15, 0.2) is 0 Å². The first-order valence-electron chi connectivity index (χ1n) is 11.7. The Balaban J connectivity index is -0.000000434. The minimum Gasteiger partial charge on any atom is -0.395 e. The molecule has 8 N–H and O–H groups in total. The Labute approximate surface area is 205 Å². The van der Waals surface area contributed by atoms with Gasteiger partial charge in [0.1, 0.15) is 0 Å². The fourth-order valence-electron chi connectivity index (χ4n) is 2.64. The number of hydrogen-bond donors (Lipinski definition) is 8. The molecule has 0 radical (unpaired) electrons. The Hall–Kier alpha value is -0.210. The topological polar surface area (TPSA) is 195 Å². The van der Waals surface area contributed by atoms with Gasteiger partial charge in [-0.05, 0) is 18.3 Å². The molecule has 0 aliphatic carbocycles. The lowest BCUT2D eigenvalue weighted by Gasteiger charge is -2.17. The first-order chi connectivity index (χ1) is 15.9. The molecule has 0 aromatic rings. The lowest BCUT2D eigenvalue weighted by molar-refractivity contribution is 0.136. The zero-order valence-electron chi connectivity index (χ0n) is 21.3. The minimum atomic E-state index is -4.25. The molecule has 0 fully saturated rings. The molecule has 0 heterocycles. The lowest BCUT2D eigenvalue weighted by Crippen LogP contribution is -2.32. The predicted molar refractivity (Wildman–Crippen MR) is 131 cm³/mol. The minimum absolute atomic E-state index is 0.0694. The number of nitrogens with zero attached hydrogens (tertiary/aromatic N) is 2. The molecule has 0 rings (SSSR count). The summed E-state index contributed by atoms with van der Waals surface area (Å²) in [7, 11) is -4.25. The first-order valence-corrected chi connectivity index (χ1v) is 13.2. The third-order valence-electron chi connectivity index (χ3n) is 4.33. The smallest absolute Gasteiger partial charge is 0.395 e. The highest BCUT2D eigenvalue weighted by Gasteiger charge is 2.13. The van der Waals surface area contributed by atoms with Gasteiger partial charge in [-0.15, -0.1) is 0 Å². The maximum Gasteiger partial charge on any atom is 0.469 e. The lowest BCUT2D eigenvalue weighted by atomic mass is 9.89. The van der Waals surface area contributed by atoms with E-state index in [2.05, 4.69) is 25.3 Å². The van der Waals surface area contributed by atoms with Gasteiger partial charge in [0.2, 0.25) is 0 Å². The fraction of sp³-hybridized carbons (Fsp3) is 1.00. The van der Waals surface area contributed by atoms with Crippen molar-refractivity contribution >= 4 is 7.82 Å². The summed E-state index contributed by atoms with van der Waals surface area (Å²) >= 11 is 0. The molecule has 0 spiro atoms. The van der Waals surface area contributed by atoms with Crippen molar-refractivity contribution in [2.45, 2.75) is 46.5 Å². The molecule has 0 aromatic carbocycles. The second-order valence-electron chi connectivity index (χ2n) is 8.72. The molecule has 0 aliphatic heterocycles. The molecule has 0 unspecified atom stereocenters. The zero-order valence-corrected chi connectivity index (χ0v) is 22.2. The number of aliphatic hydroxyl groups excluding tert-OH is 6. The van der Waals surface area contributed by atoms with Gasteiger partial charge in [-0.2, -0.15) is 0 Å². The summed E-state index contributed by atoms with van der Waals surface area (Å²) in [4.78, 5) is 20.4. The quantitative estimate of drug-likeness (QED) is 0.0829. The van der Waals surface area contributed by atoms with Gasteiger partial charge in [0, 0.05) is 39.3 Å². The summed E-state index contributed by atoms with van der Waals surface area (Å²) in [5.74, 6) is 0. The monoisotopic (exact) mass is 522 g/mol. The molecule has 0 saturated heterocycles. The number of aliphatic hydroxyl groups is 6. The van der Waals surface area contributed by atoms with Gasteiger partial charge in [-0.25, -0.2) is 4.57 Å².